The van der Waals surface area contributed by atoms with Crippen LogP contribution in [0.2, 0.25) is 0 Å². The first-order valence-electron chi connectivity index (χ1n) is 7.25. The van der Waals surface area contributed by atoms with E-state index in [1.54, 1.807) is 12.1 Å². The van der Waals surface area contributed by atoms with E-state index in [1.807, 2.05) is 0 Å². The van der Waals surface area contributed by atoms with Crippen molar-refractivity contribution in [1.82, 2.24) is 10.2 Å². The molecule has 2 rings (SSSR count). The van der Waals surface area contributed by atoms with Gasteiger partial charge in [0.1, 0.15) is 0 Å². The summed E-state index contributed by atoms with van der Waals surface area (Å²) in [5.74, 6) is 0. The van der Waals surface area contributed by atoms with E-state index in [0.29, 0.717) is 6.42 Å². The van der Waals surface area contributed by atoms with Crippen LogP contribution in [0.15, 0.2) is 24.3 Å². The second kappa shape index (κ2) is 8.72. The first-order valence-corrected chi connectivity index (χ1v) is 7.25. The number of hydrogen-bond acceptors (Lipinski definition) is 3. The number of hydrogen-bond donors (Lipinski definition) is 2. The van der Waals surface area contributed by atoms with Gasteiger partial charge in [-0.1, -0.05) is 12.1 Å². The lowest BCUT2D eigenvalue weighted by Gasteiger charge is -2.35. The van der Waals surface area contributed by atoms with Crippen LogP contribution in [0.1, 0.15) is 30.0 Å². The molecule has 1 aromatic rings. The first-order chi connectivity index (χ1) is 10.0. The first kappa shape index (κ1) is 19.2. The van der Waals surface area contributed by atoms with Gasteiger partial charge >= 0.3 is 6.18 Å². The highest BCUT2D eigenvalue weighted by Crippen LogP contribution is 2.32. The van der Waals surface area contributed by atoms with E-state index in [9.17, 15) is 13.2 Å². The van der Waals surface area contributed by atoms with Crippen LogP contribution in [0.25, 0.3) is 0 Å². The maximum Gasteiger partial charge on any atom is 0.416 e. The van der Waals surface area contributed by atoms with Crippen LogP contribution in [0.3, 0.4) is 0 Å². The number of rotatable bonds is 5. The Morgan fingerprint density at radius 1 is 1.14 bits per heavy atom. The molecular formula is C15H22ClF3N2O. The van der Waals surface area contributed by atoms with E-state index in [-0.39, 0.29) is 25.1 Å². The zero-order valence-electron chi connectivity index (χ0n) is 12.3. The van der Waals surface area contributed by atoms with Crippen LogP contribution in [0.4, 0.5) is 13.2 Å². The quantitative estimate of drug-likeness (QED) is 0.866. The molecule has 0 unspecified atom stereocenters. The summed E-state index contributed by atoms with van der Waals surface area (Å²) in [6.45, 7) is 3.62. The Kier molecular flexibility index (Phi) is 7.62. The number of aliphatic hydroxyl groups is 1. The van der Waals surface area contributed by atoms with Gasteiger partial charge in [0, 0.05) is 38.8 Å². The van der Waals surface area contributed by atoms with Gasteiger partial charge in [-0.2, -0.15) is 13.2 Å². The third kappa shape index (κ3) is 5.12. The fourth-order valence-electron chi connectivity index (χ4n) is 2.73. The van der Waals surface area contributed by atoms with E-state index in [2.05, 4.69) is 10.2 Å². The van der Waals surface area contributed by atoms with E-state index >= 15 is 0 Å². The summed E-state index contributed by atoms with van der Waals surface area (Å²) < 4.78 is 37.9. The number of benzene rings is 1. The molecule has 0 saturated carbocycles. The van der Waals surface area contributed by atoms with Gasteiger partial charge in [-0.15, -0.1) is 12.4 Å². The fraction of sp³-hybridized carbons (Fsp3) is 0.600. The topological polar surface area (TPSA) is 35.5 Å². The summed E-state index contributed by atoms with van der Waals surface area (Å²) >= 11 is 0. The summed E-state index contributed by atoms with van der Waals surface area (Å²) in [5, 5.41) is 12.3. The molecule has 126 valence electrons. The predicted molar refractivity (Wildman–Crippen MR) is 82.2 cm³/mol. The largest absolute Gasteiger partial charge is 0.416 e. The smallest absolute Gasteiger partial charge is 0.396 e. The Hall–Kier alpha value is -0.820. The Bertz CT molecular complexity index is 433. The van der Waals surface area contributed by atoms with Gasteiger partial charge in [0.2, 0.25) is 0 Å². The van der Waals surface area contributed by atoms with E-state index < -0.39 is 11.7 Å². The number of alkyl halides is 3. The molecule has 3 nitrogen and oxygen atoms in total. The number of halogens is 4. The number of nitrogens with zero attached hydrogens (tertiary/aromatic N) is 1. The van der Waals surface area contributed by atoms with Crippen molar-refractivity contribution in [3.8, 4) is 0 Å². The van der Waals surface area contributed by atoms with E-state index in [1.165, 1.54) is 0 Å². The molecule has 0 bridgehead atoms. The van der Waals surface area contributed by atoms with Gasteiger partial charge in [-0.25, -0.2) is 0 Å². The third-order valence-corrected chi connectivity index (χ3v) is 3.85. The lowest BCUT2D eigenvalue weighted by atomic mass is 9.98. The van der Waals surface area contributed by atoms with Crippen molar-refractivity contribution >= 4 is 12.4 Å². The normalized spacial score (nSPS) is 17.8. The van der Waals surface area contributed by atoms with Gasteiger partial charge < -0.3 is 10.4 Å². The van der Waals surface area contributed by atoms with Crippen LogP contribution in [-0.2, 0) is 6.18 Å². The minimum Gasteiger partial charge on any atom is -0.396 e. The van der Waals surface area contributed by atoms with Crippen molar-refractivity contribution in [2.45, 2.75) is 25.1 Å². The standard InChI is InChI=1S/C15H21F3N2O.ClH/c16-15(17,18)13-5-3-12(4-6-13)14(2-1-11-21)20-9-7-19-8-10-20;/h3-6,14,19,21H,1-2,7-11H2;1H/t14-;/m1./s1. The van der Waals surface area contributed by atoms with E-state index in [4.69, 9.17) is 5.11 Å². The van der Waals surface area contributed by atoms with Crippen molar-refractivity contribution in [2.75, 3.05) is 32.8 Å². The summed E-state index contributed by atoms with van der Waals surface area (Å²) in [7, 11) is 0. The Morgan fingerprint density at radius 2 is 1.73 bits per heavy atom. The van der Waals surface area contributed by atoms with Crippen LogP contribution in [-0.4, -0.2) is 42.8 Å². The van der Waals surface area contributed by atoms with Crippen LogP contribution in [0, 0.1) is 0 Å². The van der Waals surface area contributed by atoms with Gasteiger partial charge in [-0.05, 0) is 30.5 Å². The summed E-state index contributed by atoms with van der Waals surface area (Å²) in [5.41, 5.74) is 0.269. The molecule has 1 heterocycles. The average Bonchev–Trinajstić information content (AvgIpc) is 2.48. The third-order valence-electron chi connectivity index (χ3n) is 3.85. The Balaban J connectivity index is 0.00000242. The van der Waals surface area contributed by atoms with Crippen molar-refractivity contribution in [3.05, 3.63) is 35.4 Å². The SMILES string of the molecule is Cl.OCCC[C@H](c1ccc(C(F)(F)F)cc1)N1CCNCC1. The zero-order valence-corrected chi connectivity index (χ0v) is 13.1. The highest BCUT2D eigenvalue weighted by molar-refractivity contribution is 5.85. The second-order valence-corrected chi connectivity index (χ2v) is 5.29. The lowest BCUT2D eigenvalue weighted by Crippen LogP contribution is -2.45. The van der Waals surface area contributed by atoms with Gasteiger partial charge in [0.25, 0.3) is 0 Å². The Morgan fingerprint density at radius 3 is 2.23 bits per heavy atom. The second-order valence-electron chi connectivity index (χ2n) is 5.29. The maximum atomic E-state index is 12.6. The molecule has 0 aliphatic carbocycles. The highest BCUT2D eigenvalue weighted by Gasteiger charge is 2.30. The molecule has 1 saturated heterocycles. The van der Waals surface area contributed by atoms with Crippen molar-refractivity contribution < 1.29 is 18.3 Å². The molecule has 0 spiro atoms. The minimum atomic E-state index is -4.30. The molecule has 2 N–H and O–H groups in total. The van der Waals surface area contributed by atoms with Gasteiger partial charge in [-0.3, -0.25) is 4.90 Å². The van der Waals surface area contributed by atoms with Gasteiger partial charge in [0.05, 0.1) is 5.56 Å². The van der Waals surface area contributed by atoms with Crippen LogP contribution < -0.4 is 5.32 Å². The number of piperazine rings is 1. The monoisotopic (exact) mass is 338 g/mol. The van der Waals surface area contributed by atoms with Crippen molar-refractivity contribution in [1.29, 1.82) is 0 Å². The zero-order chi connectivity index (χ0) is 15.3. The summed E-state index contributed by atoms with van der Waals surface area (Å²) in [4.78, 5) is 2.27. The molecule has 0 radical (unpaired) electrons. The fourth-order valence-corrected chi connectivity index (χ4v) is 2.73. The molecule has 0 aromatic heterocycles. The van der Waals surface area contributed by atoms with Gasteiger partial charge in [0.15, 0.2) is 0 Å². The predicted octanol–water partition coefficient (Wildman–Crippen LogP) is 2.85. The molecule has 1 aliphatic heterocycles. The highest BCUT2D eigenvalue weighted by atomic mass is 35.5. The minimum absolute atomic E-state index is 0. The van der Waals surface area contributed by atoms with Crippen molar-refractivity contribution in [2.24, 2.45) is 0 Å². The molecule has 1 fully saturated rings. The molecular weight excluding hydrogens is 317 g/mol. The number of nitrogens with one attached hydrogen (secondary N) is 1. The molecule has 1 aromatic carbocycles. The van der Waals surface area contributed by atoms with Crippen LogP contribution >= 0.6 is 12.4 Å². The van der Waals surface area contributed by atoms with E-state index in [0.717, 1.165) is 50.3 Å². The molecule has 22 heavy (non-hydrogen) atoms. The molecule has 1 aliphatic rings. The van der Waals surface area contributed by atoms with Crippen LogP contribution in [0.5, 0.6) is 0 Å². The molecule has 0 amide bonds. The molecule has 7 heteroatoms. The molecule has 1 atom stereocenters. The summed E-state index contributed by atoms with van der Waals surface area (Å²) in [6, 6.07) is 5.48. The van der Waals surface area contributed by atoms with Crippen molar-refractivity contribution in [3.63, 3.8) is 0 Å². The lowest BCUT2D eigenvalue weighted by molar-refractivity contribution is -0.137. The summed E-state index contributed by atoms with van der Waals surface area (Å²) in [6.07, 6.45) is -2.90. The average molecular weight is 339 g/mol. The Labute approximate surface area is 134 Å². The maximum absolute atomic E-state index is 12.6. The number of aliphatic hydroxyl groups excluding tert-OH is 1.